The molecule has 1 fully saturated rings. The van der Waals surface area contributed by atoms with Gasteiger partial charge >= 0.3 is 5.97 Å². The molecule has 2 N–H and O–H groups in total. The highest BCUT2D eigenvalue weighted by molar-refractivity contribution is 8.26. The van der Waals surface area contributed by atoms with Crippen LogP contribution in [0, 0.1) is 0 Å². The van der Waals surface area contributed by atoms with Crippen LogP contribution in [-0.4, -0.2) is 37.9 Å². The number of amides is 1. The number of furan rings is 1. The van der Waals surface area contributed by atoms with E-state index >= 15 is 0 Å². The second kappa shape index (κ2) is 9.42. The van der Waals surface area contributed by atoms with E-state index in [0.29, 0.717) is 32.9 Å². The molecule has 0 spiro atoms. The molecule has 0 bridgehead atoms. The van der Waals surface area contributed by atoms with Gasteiger partial charge in [0.05, 0.1) is 4.91 Å². The number of phenols is 1. The number of carbonyl (C=O) groups excluding carboxylic acids is 1. The second-order valence-electron chi connectivity index (χ2n) is 7.16. The van der Waals surface area contributed by atoms with Crippen molar-refractivity contribution in [3.63, 3.8) is 0 Å². The van der Waals surface area contributed by atoms with Gasteiger partial charge in [-0.2, -0.15) is 0 Å². The Hall–Kier alpha value is -3.36. The number of carbonyl (C=O) groups is 2. The van der Waals surface area contributed by atoms with Crippen LogP contribution < -0.4 is 0 Å². The van der Waals surface area contributed by atoms with Gasteiger partial charge in [0.2, 0.25) is 0 Å². The van der Waals surface area contributed by atoms with Crippen LogP contribution in [0.1, 0.15) is 28.1 Å². The van der Waals surface area contributed by atoms with Gasteiger partial charge in [-0.1, -0.05) is 60.4 Å². The van der Waals surface area contributed by atoms with Crippen molar-refractivity contribution in [3.8, 4) is 17.1 Å². The average molecular weight is 466 g/mol. The number of aromatic carboxylic acids is 1. The molecule has 0 unspecified atom stereocenters. The minimum absolute atomic E-state index is 0.144. The van der Waals surface area contributed by atoms with Crippen molar-refractivity contribution in [2.24, 2.45) is 0 Å². The Morgan fingerprint density at radius 3 is 2.62 bits per heavy atom. The Morgan fingerprint density at radius 2 is 1.91 bits per heavy atom. The molecule has 32 heavy (non-hydrogen) atoms. The van der Waals surface area contributed by atoms with E-state index < -0.39 is 5.97 Å². The van der Waals surface area contributed by atoms with Crippen LogP contribution in [0.5, 0.6) is 5.75 Å². The summed E-state index contributed by atoms with van der Waals surface area (Å²) in [4.78, 5) is 26.0. The number of aromatic hydroxyl groups is 1. The number of carboxylic acids is 1. The van der Waals surface area contributed by atoms with Gasteiger partial charge in [0.25, 0.3) is 5.91 Å². The van der Waals surface area contributed by atoms with E-state index in [1.165, 1.54) is 29.5 Å². The average Bonchev–Trinajstić information content (AvgIpc) is 3.34. The Balaban J connectivity index is 1.44. The summed E-state index contributed by atoms with van der Waals surface area (Å²) in [6, 6.07) is 17.7. The summed E-state index contributed by atoms with van der Waals surface area (Å²) >= 11 is 6.63. The smallest absolute Gasteiger partial charge is 0.339 e. The maximum Gasteiger partial charge on any atom is 0.339 e. The van der Waals surface area contributed by atoms with Crippen molar-refractivity contribution in [1.82, 2.24) is 4.90 Å². The maximum absolute atomic E-state index is 12.8. The van der Waals surface area contributed by atoms with Crippen molar-refractivity contribution in [2.45, 2.75) is 12.8 Å². The third-order valence-corrected chi connectivity index (χ3v) is 6.35. The zero-order chi connectivity index (χ0) is 22.7. The van der Waals surface area contributed by atoms with Crippen molar-refractivity contribution in [2.75, 3.05) is 6.54 Å². The van der Waals surface area contributed by atoms with E-state index in [1.54, 1.807) is 29.2 Å². The monoisotopic (exact) mass is 465 g/mol. The van der Waals surface area contributed by atoms with Crippen LogP contribution in [0.3, 0.4) is 0 Å². The highest BCUT2D eigenvalue weighted by atomic mass is 32.2. The molecule has 1 aliphatic heterocycles. The molecule has 2 heterocycles. The Labute approximate surface area is 194 Å². The number of hydrogen-bond acceptors (Lipinski definition) is 6. The van der Waals surface area contributed by atoms with E-state index in [4.69, 9.17) is 21.7 Å². The molecule has 0 saturated carbocycles. The van der Waals surface area contributed by atoms with E-state index in [2.05, 4.69) is 12.1 Å². The highest BCUT2D eigenvalue weighted by Crippen LogP contribution is 2.34. The largest absolute Gasteiger partial charge is 0.507 e. The van der Waals surface area contributed by atoms with Gasteiger partial charge in [0.1, 0.15) is 27.2 Å². The van der Waals surface area contributed by atoms with E-state index in [-0.39, 0.29) is 17.2 Å². The molecule has 1 amide bonds. The summed E-state index contributed by atoms with van der Waals surface area (Å²) in [5.74, 6) is -0.785. The minimum Gasteiger partial charge on any atom is -0.507 e. The molecule has 8 heteroatoms. The lowest BCUT2D eigenvalue weighted by Crippen LogP contribution is -2.29. The molecule has 1 aliphatic rings. The fraction of sp³-hybridized carbons (Fsp3) is 0.125. The Kier molecular flexibility index (Phi) is 6.43. The zero-order valence-corrected chi connectivity index (χ0v) is 18.5. The first-order chi connectivity index (χ1) is 15.4. The lowest BCUT2D eigenvalue weighted by Gasteiger charge is -2.14. The number of nitrogens with zero attached hydrogens (tertiary/aromatic N) is 1. The van der Waals surface area contributed by atoms with E-state index in [9.17, 15) is 14.7 Å². The van der Waals surface area contributed by atoms with Crippen LogP contribution in [0.4, 0.5) is 0 Å². The van der Waals surface area contributed by atoms with Crippen LogP contribution in [0.15, 0.2) is 70.0 Å². The first-order valence-corrected chi connectivity index (χ1v) is 11.1. The van der Waals surface area contributed by atoms with Crippen LogP contribution in [0.2, 0.25) is 0 Å². The van der Waals surface area contributed by atoms with Gasteiger partial charge in [-0.3, -0.25) is 9.69 Å². The molecule has 0 aliphatic carbocycles. The number of thiocarbonyl (C=S) groups is 1. The standard InChI is InChI=1S/C24H19NO5S2/c26-19-13-16(8-10-18(19)23(28)29)20-11-9-17(30-20)14-21-22(27)25(24(31)32-21)12-4-7-15-5-2-1-3-6-15/h1-3,5-6,8-11,13-14,26H,4,7,12H2,(H,28,29)/b21-14-. The number of rotatable bonds is 7. The quantitative estimate of drug-likeness (QED) is 0.367. The summed E-state index contributed by atoms with van der Waals surface area (Å²) in [7, 11) is 0. The molecule has 0 atom stereocenters. The Bertz CT molecular complexity index is 1220. The number of thioether (sulfide) groups is 1. The maximum atomic E-state index is 12.8. The van der Waals surface area contributed by atoms with Crippen molar-refractivity contribution in [1.29, 1.82) is 0 Å². The van der Waals surface area contributed by atoms with Crippen LogP contribution >= 0.6 is 24.0 Å². The Morgan fingerprint density at radius 1 is 1.12 bits per heavy atom. The molecule has 2 aromatic carbocycles. The van der Waals surface area contributed by atoms with Gasteiger partial charge < -0.3 is 14.6 Å². The zero-order valence-electron chi connectivity index (χ0n) is 16.9. The molecular formula is C24H19NO5S2. The molecule has 1 saturated heterocycles. The molecule has 3 aromatic rings. The number of hydrogen-bond donors (Lipinski definition) is 2. The predicted octanol–water partition coefficient (Wildman–Crippen LogP) is 5.18. The number of benzene rings is 2. The molecular weight excluding hydrogens is 446 g/mol. The normalized spacial score (nSPS) is 15.0. The molecule has 162 valence electrons. The first kappa shape index (κ1) is 21.9. The summed E-state index contributed by atoms with van der Waals surface area (Å²) in [6.45, 7) is 0.551. The van der Waals surface area contributed by atoms with Crippen molar-refractivity contribution >= 4 is 46.3 Å². The van der Waals surface area contributed by atoms with Gasteiger partial charge in [-0.25, -0.2) is 4.79 Å². The summed E-state index contributed by atoms with van der Waals surface area (Å²) in [5.41, 5.74) is 1.57. The number of carboxylic acid groups (broad SMARTS) is 1. The van der Waals surface area contributed by atoms with Gasteiger partial charge in [-0.05, 0) is 42.7 Å². The summed E-state index contributed by atoms with van der Waals surface area (Å²) in [6.07, 6.45) is 3.32. The third kappa shape index (κ3) is 4.76. The minimum atomic E-state index is -1.21. The number of aryl methyl sites for hydroxylation is 1. The predicted molar refractivity (Wildman–Crippen MR) is 127 cm³/mol. The van der Waals surface area contributed by atoms with Gasteiger partial charge in [0, 0.05) is 18.2 Å². The molecule has 4 rings (SSSR count). The van der Waals surface area contributed by atoms with E-state index in [0.717, 1.165) is 12.8 Å². The first-order valence-electron chi connectivity index (χ1n) is 9.88. The van der Waals surface area contributed by atoms with E-state index in [1.807, 2.05) is 18.2 Å². The SMILES string of the molecule is O=C(O)c1ccc(-c2ccc(/C=C3\SC(=S)N(CCCc4ccccc4)C3=O)o2)cc1O. The summed E-state index contributed by atoms with van der Waals surface area (Å²) in [5, 5.41) is 18.9. The fourth-order valence-electron chi connectivity index (χ4n) is 3.36. The lowest BCUT2D eigenvalue weighted by atomic mass is 10.1. The molecule has 1 aromatic heterocycles. The topological polar surface area (TPSA) is 91.0 Å². The van der Waals surface area contributed by atoms with Gasteiger partial charge in [0.15, 0.2) is 0 Å². The lowest BCUT2D eigenvalue weighted by molar-refractivity contribution is -0.122. The highest BCUT2D eigenvalue weighted by Gasteiger charge is 2.31. The van der Waals surface area contributed by atoms with Crippen molar-refractivity contribution in [3.05, 3.63) is 82.5 Å². The summed E-state index contributed by atoms with van der Waals surface area (Å²) < 4.78 is 6.31. The van der Waals surface area contributed by atoms with Gasteiger partial charge in [-0.15, -0.1) is 0 Å². The van der Waals surface area contributed by atoms with Crippen LogP contribution in [0.25, 0.3) is 17.4 Å². The fourth-order valence-corrected chi connectivity index (χ4v) is 4.65. The van der Waals surface area contributed by atoms with Crippen molar-refractivity contribution < 1.29 is 24.2 Å². The molecule has 0 radical (unpaired) electrons. The second-order valence-corrected chi connectivity index (χ2v) is 8.84. The third-order valence-electron chi connectivity index (χ3n) is 4.98. The molecule has 6 nitrogen and oxygen atoms in total. The van der Waals surface area contributed by atoms with Crippen LogP contribution in [-0.2, 0) is 11.2 Å².